The highest BCUT2D eigenvalue weighted by molar-refractivity contribution is 6.18. The van der Waals surface area contributed by atoms with E-state index < -0.39 is 0 Å². The van der Waals surface area contributed by atoms with Crippen molar-refractivity contribution in [3.8, 4) is 11.1 Å². The molecule has 0 amide bonds. The molecular formula is C17H16Cl2. The van der Waals surface area contributed by atoms with Crippen molar-refractivity contribution < 1.29 is 0 Å². The summed E-state index contributed by atoms with van der Waals surface area (Å²) in [5, 5.41) is 0. The fraction of sp³-hybridized carbons (Fsp3) is 0.294. The standard InChI is InChI=1S/C17H16Cl2/c18-7-5-12-1-3-16-14(9-12)11-15-10-13(6-8-19)2-4-17(15)16/h1-4,9-10H,5-8,11H2. The second kappa shape index (κ2) is 5.56. The molecule has 0 atom stereocenters. The molecule has 2 aromatic carbocycles. The molecule has 98 valence electrons. The molecule has 0 heterocycles. The van der Waals surface area contributed by atoms with E-state index in [1.165, 1.54) is 33.4 Å². The van der Waals surface area contributed by atoms with Crippen molar-refractivity contribution in [3.63, 3.8) is 0 Å². The van der Waals surface area contributed by atoms with Crippen LogP contribution in [0.2, 0.25) is 0 Å². The largest absolute Gasteiger partial charge is 0.126 e. The van der Waals surface area contributed by atoms with Gasteiger partial charge < -0.3 is 0 Å². The van der Waals surface area contributed by atoms with Crippen LogP contribution in [0.25, 0.3) is 11.1 Å². The Labute approximate surface area is 124 Å². The molecule has 0 fully saturated rings. The number of halogens is 2. The molecule has 3 rings (SSSR count). The van der Waals surface area contributed by atoms with Crippen molar-refractivity contribution in [2.75, 3.05) is 11.8 Å². The van der Waals surface area contributed by atoms with Crippen molar-refractivity contribution >= 4 is 23.2 Å². The lowest BCUT2D eigenvalue weighted by Gasteiger charge is -2.04. The third-order valence-electron chi connectivity index (χ3n) is 3.78. The average Bonchev–Trinajstić information content (AvgIpc) is 2.76. The van der Waals surface area contributed by atoms with E-state index in [9.17, 15) is 0 Å². The number of aryl methyl sites for hydroxylation is 2. The fourth-order valence-electron chi connectivity index (χ4n) is 2.85. The Kier molecular flexibility index (Phi) is 3.81. The number of fused-ring (bicyclic) bond motifs is 3. The molecular weight excluding hydrogens is 275 g/mol. The Morgan fingerprint density at radius 2 is 1.21 bits per heavy atom. The molecule has 1 aliphatic rings. The van der Waals surface area contributed by atoms with E-state index in [-0.39, 0.29) is 0 Å². The molecule has 2 heteroatoms. The lowest BCUT2D eigenvalue weighted by Crippen LogP contribution is -1.89. The van der Waals surface area contributed by atoms with Crippen molar-refractivity contribution in [3.05, 3.63) is 58.7 Å². The molecule has 0 radical (unpaired) electrons. The molecule has 1 aliphatic carbocycles. The molecule has 0 nitrogen and oxygen atoms in total. The van der Waals surface area contributed by atoms with Gasteiger partial charge in [-0.3, -0.25) is 0 Å². The zero-order chi connectivity index (χ0) is 13.2. The highest BCUT2D eigenvalue weighted by Gasteiger charge is 2.18. The molecule has 0 saturated heterocycles. The van der Waals surface area contributed by atoms with Crippen LogP contribution in [0.1, 0.15) is 22.3 Å². The molecule has 0 spiro atoms. The first-order chi connectivity index (χ1) is 9.31. The minimum Gasteiger partial charge on any atom is -0.126 e. The molecule has 0 N–H and O–H groups in total. The molecule has 0 aliphatic heterocycles. The predicted octanol–water partition coefficient (Wildman–Crippen LogP) is 4.82. The minimum atomic E-state index is 0.686. The van der Waals surface area contributed by atoms with E-state index in [0.717, 1.165) is 19.3 Å². The van der Waals surface area contributed by atoms with E-state index in [4.69, 9.17) is 23.2 Å². The highest BCUT2D eigenvalue weighted by atomic mass is 35.5. The SMILES string of the molecule is ClCCc1ccc2c(c1)Cc1cc(CCCl)ccc1-2. The van der Waals surface area contributed by atoms with Crippen molar-refractivity contribution in [1.29, 1.82) is 0 Å². The zero-order valence-electron chi connectivity index (χ0n) is 10.8. The first-order valence-corrected chi connectivity index (χ1v) is 7.74. The van der Waals surface area contributed by atoms with Gasteiger partial charge in [-0.2, -0.15) is 0 Å². The fourth-order valence-corrected chi connectivity index (χ4v) is 3.28. The summed E-state index contributed by atoms with van der Waals surface area (Å²) in [6.07, 6.45) is 2.93. The first-order valence-electron chi connectivity index (χ1n) is 6.67. The molecule has 2 aromatic rings. The summed E-state index contributed by atoms with van der Waals surface area (Å²) in [6, 6.07) is 13.5. The lowest BCUT2D eigenvalue weighted by atomic mass is 10.0. The summed E-state index contributed by atoms with van der Waals surface area (Å²) in [6.45, 7) is 0. The van der Waals surface area contributed by atoms with Crippen molar-refractivity contribution in [2.45, 2.75) is 19.3 Å². The van der Waals surface area contributed by atoms with Crippen LogP contribution in [0.15, 0.2) is 36.4 Å². The van der Waals surface area contributed by atoms with Crippen LogP contribution in [0.5, 0.6) is 0 Å². The molecule has 0 aromatic heterocycles. The zero-order valence-corrected chi connectivity index (χ0v) is 12.3. The van der Waals surface area contributed by atoms with Gasteiger partial charge in [0.05, 0.1) is 0 Å². The van der Waals surface area contributed by atoms with Gasteiger partial charge in [-0.15, -0.1) is 23.2 Å². The van der Waals surface area contributed by atoms with E-state index >= 15 is 0 Å². The van der Waals surface area contributed by atoms with Gasteiger partial charge >= 0.3 is 0 Å². The normalized spacial score (nSPS) is 12.3. The summed E-state index contributed by atoms with van der Waals surface area (Å²) in [5.74, 6) is 1.37. The number of benzene rings is 2. The molecule has 0 saturated carbocycles. The van der Waals surface area contributed by atoms with E-state index in [2.05, 4.69) is 36.4 Å². The Bertz CT molecular complexity index is 549. The number of rotatable bonds is 4. The van der Waals surface area contributed by atoms with Crippen LogP contribution >= 0.6 is 23.2 Å². The Morgan fingerprint density at radius 3 is 1.63 bits per heavy atom. The van der Waals surface area contributed by atoms with Gasteiger partial charge in [0.25, 0.3) is 0 Å². The van der Waals surface area contributed by atoms with Crippen LogP contribution < -0.4 is 0 Å². The average molecular weight is 291 g/mol. The smallest absolute Gasteiger partial charge is 0.0263 e. The Morgan fingerprint density at radius 1 is 0.737 bits per heavy atom. The number of hydrogen-bond donors (Lipinski definition) is 0. The third kappa shape index (κ3) is 2.52. The second-order valence-electron chi connectivity index (χ2n) is 5.04. The van der Waals surface area contributed by atoms with Crippen molar-refractivity contribution in [2.24, 2.45) is 0 Å². The number of alkyl halides is 2. The monoisotopic (exact) mass is 290 g/mol. The number of hydrogen-bond acceptors (Lipinski definition) is 0. The quantitative estimate of drug-likeness (QED) is 0.604. The third-order valence-corrected chi connectivity index (χ3v) is 4.15. The van der Waals surface area contributed by atoms with Gasteiger partial charge in [-0.05, 0) is 52.6 Å². The van der Waals surface area contributed by atoms with Crippen LogP contribution in [0.3, 0.4) is 0 Å². The van der Waals surface area contributed by atoms with E-state index in [1.54, 1.807) is 0 Å². The summed E-state index contributed by atoms with van der Waals surface area (Å²) in [5.41, 5.74) is 8.29. The van der Waals surface area contributed by atoms with Gasteiger partial charge in [0.1, 0.15) is 0 Å². The second-order valence-corrected chi connectivity index (χ2v) is 5.79. The Hall–Kier alpha value is -0.980. The summed E-state index contributed by atoms with van der Waals surface area (Å²) >= 11 is 11.6. The molecule has 0 bridgehead atoms. The van der Waals surface area contributed by atoms with Gasteiger partial charge in [-0.25, -0.2) is 0 Å². The van der Waals surface area contributed by atoms with Gasteiger partial charge in [0, 0.05) is 11.8 Å². The summed E-state index contributed by atoms with van der Waals surface area (Å²) in [7, 11) is 0. The van der Waals surface area contributed by atoms with Gasteiger partial charge in [-0.1, -0.05) is 36.4 Å². The predicted molar refractivity (Wildman–Crippen MR) is 83.5 cm³/mol. The molecule has 19 heavy (non-hydrogen) atoms. The lowest BCUT2D eigenvalue weighted by molar-refractivity contribution is 1.12. The van der Waals surface area contributed by atoms with E-state index in [1.807, 2.05) is 0 Å². The summed E-state index contributed by atoms with van der Waals surface area (Å²) in [4.78, 5) is 0. The minimum absolute atomic E-state index is 0.686. The van der Waals surface area contributed by atoms with Crippen LogP contribution in [0.4, 0.5) is 0 Å². The maximum absolute atomic E-state index is 5.82. The van der Waals surface area contributed by atoms with E-state index in [0.29, 0.717) is 11.8 Å². The van der Waals surface area contributed by atoms with Gasteiger partial charge in [0.15, 0.2) is 0 Å². The van der Waals surface area contributed by atoms with Crippen LogP contribution in [-0.4, -0.2) is 11.8 Å². The van der Waals surface area contributed by atoms with Crippen LogP contribution in [0, 0.1) is 0 Å². The summed E-state index contributed by atoms with van der Waals surface area (Å²) < 4.78 is 0. The topological polar surface area (TPSA) is 0 Å². The van der Waals surface area contributed by atoms with Crippen molar-refractivity contribution in [1.82, 2.24) is 0 Å². The maximum atomic E-state index is 5.82. The van der Waals surface area contributed by atoms with Gasteiger partial charge in [0.2, 0.25) is 0 Å². The Balaban J connectivity index is 1.96. The molecule has 0 unspecified atom stereocenters. The van der Waals surface area contributed by atoms with Crippen LogP contribution in [-0.2, 0) is 19.3 Å². The maximum Gasteiger partial charge on any atom is 0.0263 e. The first kappa shape index (κ1) is 13.0. The highest BCUT2D eigenvalue weighted by Crippen LogP contribution is 2.37.